The fourth-order valence-electron chi connectivity index (χ4n) is 4.56. The first kappa shape index (κ1) is 16.7. The molecule has 1 amide bonds. The first-order chi connectivity index (χ1) is 13.3. The molecule has 0 bridgehead atoms. The van der Waals surface area contributed by atoms with E-state index in [0.717, 1.165) is 68.8 Å². The summed E-state index contributed by atoms with van der Waals surface area (Å²) in [5.41, 5.74) is 3.16. The van der Waals surface area contributed by atoms with E-state index in [1.807, 2.05) is 17.2 Å². The van der Waals surface area contributed by atoms with Gasteiger partial charge in [-0.3, -0.25) is 4.79 Å². The first-order valence-corrected chi connectivity index (χ1v) is 10.2. The average molecular weight is 365 g/mol. The molecule has 4 heterocycles. The number of aromatic nitrogens is 2. The smallest absolute Gasteiger partial charge is 0.270 e. The molecule has 2 saturated heterocycles. The molecule has 0 spiro atoms. The zero-order valence-corrected chi connectivity index (χ0v) is 15.8. The number of fused-ring (bicyclic) bond motifs is 1. The van der Waals surface area contributed by atoms with E-state index in [9.17, 15) is 4.79 Å². The molecule has 0 radical (unpaired) electrons. The number of aromatic amines is 1. The minimum Gasteiger partial charge on any atom is -0.372 e. The number of allylic oxidation sites excluding steroid dienone is 2. The van der Waals surface area contributed by atoms with E-state index in [-0.39, 0.29) is 5.91 Å². The van der Waals surface area contributed by atoms with Crippen molar-refractivity contribution in [1.82, 2.24) is 19.8 Å². The van der Waals surface area contributed by atoms with Gasteiger partial charge in [0.15, 0.2) is 0 Å². The fraction of sp³-hybridized carbons (Fsp3) is 0.524. The summed E-state index contributed by atoms with van der Waals surface area (Å²) >= 11 is 0. The Bertz CT molecular complexity index is 872. The molecule has 2 aromatic rings. The minimum atomic E-state index is 0.115. The summed E-state index contributed by atoms with van der Waals surface area (Å²) in [6.07, 6.45) is 10.3. The van der Waals surface area contributed by atoms with Crippen molar-refractivity contribution < 1.29 is 4.79 Å². The molecule has 0 saturated carbocycles. The lowest BCUT2D eigenvalue weighted by Crippen LogP contribution is -2.45. The van der Waals surface area contributed by atoms with Gasteiger partial charge < -0.3 is 19.7 Å². The maximum absolute atomic E-state index is 12.6. The summed E-state index contributed by atoms with van der Waals surface area (Å²) < 4.78 is 0. The predicted molar refractivity (Wildman–Crippen MR) is 107 cm³/mol. The number of likely N-dealkylation sites (tertiary alicyclic amines) is 1. The molecule has 0 atom stereocenters. The van der Waals surface area contributed by atoms with E-state index in [1.165, 1.54) is 25.0 Å². The highest BCUT2D eigenvalue weighted by Crippen LogP contribution is 2.26. The molecule has 6 nitrogen and oxygen atoms in total. The van der Waals surface area contributed by atoms with Crippen LogP contribution in [0.3, 0.4) is 0 Å². The zero-order valence-electron chi connectivity index (χ0n) is 15.8. The van der Waals surface area contributed by atoms with Gasteiger partial charge >= 0.3 is 0 Å². The maximum atomic E-state index is 12.6. The van der Waals surface area contributed by atoms with Crippen LogP contribution in [0.25, 0.3) is 10.9 Å². The second kappa shape index (κ2) is 6.91. The number of amides is 1. The number of carbonyl (C=O) groups is 1. The number of nitrogens with one attached hydrogen (secondary N) is 1. The number of pyridine rings is 1. The molecule has 142 valence electrons. The Labute approximate surface area is 159 Å². The van der Waals surface area contributed by atoms with Gasteiger partial charge in [-0.2, -0.15) is 0 Å². The highest BCUT2D eigenvalue weighted by molar-refractivity contribution is 5.98. The van der Waals surface area contributed by atoms with Crippen molar-refractivity contribution in [2.24, 2.45) is 0 Å². The van der Waals surface area contributed by atoms with Crippen molar-refractivity contribution in [3.05, 3.63) is 35.8 Å². The number of carbonyl (C=O) groups excluding carboxylic acids is 1. The summed E-state index contributed by atoms with van der Waals surface area (Å²) in [7, 11) is 0. The molecular weight excluding hydrogens is 338 g/mol. The molecule has 6 heteroatoms. The van der Waals surface area contributed by atoms with Crippen LogP contribution in [0.1, 0.15) is 42.6 Å². The van der Waals surface area contributed by atoms with Crippen molar-refractivity contribution in [2.45, 2.75) is 32.1 Å². The van der Waals surface area contributed by atoms with Gasteiger partial charge in [0.25, 0.3) is 5.91 Å². The van der Waals surface area contributed by atoms with Gasteiger partial charge in [-0.1, -0.05) is 6.08 Å². The highest BCUT2D eigenvalue weighted by Gasteiger charge is 2.23. The molecule has 1 aliphatic carbocycles. The van der Waals surface area contributed by atoms with Crippen LogP contribution >= 0.6 is 0 Å². The SMILES string of the molecule is O=C(c1cc2cc(N3CCN(C4=CCCC4)CC3)ncc2[nH]1)N1CCCC1. The van der Waals surface area contributed by atoms with Crippen LogP contribution in [-0.4, -0.2) is 64.9 Å². The van der Waals surface area contributed by atoms with Crippen LogP contribution in [0.5, 0.6) is 0 Å². The van der Waals surface area contributed by atoms with E-state index in [2.05, 4.69) is 31.9 Å². The van der Waals surface area contributed by atoms with E-state index < -0.39 is 0 Å². The monoisotopic (exact) mass is 365 g/mol. The zero-order chi connectivity index (χ0) is 18.2. The molecule has 1 N–H and O–H groups in total. The Morgan fingerprint density at radius 3 is 2.48 bits per heavy atom. The molecule has 27 heavy (non-hydrogen) atoms. The summed E-state index contributed by atoms with van der Waals surface area (Å²) in [5.74, 6) is 1.13. The van der Waals surface area contributed by atoms with Gasteiger partial charge in [0.1, 0.15) is 11.5 Å². The van der Waals surface area contributed by atoms with E-state index >= 15 is 0 Å². The Kier molecular flexibility index (Phi) is 4.26. The first-order valence-electron chi connectivity index (χ1n) is 10.2. The quantitative estimate of drug-likeness (QED) is 0.909. The van der Waals surface area contributed by atoms with Gasteiger partial charge in [0.05, 0.1) is 11.7 Å². The van der Waals surface area contributed by atoms with E-state index in [1.54, 1.807) is 0 Å². The van der Waals surface area contributed by atoms with Crippen LogP contribution in [0.4, 0.5) is 5.82 Å². The largest absolute Gasteiger partial charge is 0.372 e. The molecule has 2 fully saturated rings. The standard InChI is InChI=1S/C21H27N5O/c27-21(26-7-3-4-8-26)18-13-16-14-20(22-15-19(16)23-18)25-11-9-24(10-12-25)17-5-1-2-6-17/h5,13-15,23H,1-4,6-12H2. The molecule has 2 aliphatic heterocycles. The third-order valence-electron chi connectivity index (χ3n) is 6.14. The normalized spacial score (nSPS) is 20.6. The second-order valence-electron chi connectivity index (χ2n) is 7.87. The summed E-state index contributed by atoms with van der Waals surface area (Å²) in [4.78, 5) is 27.4. The molecule has 5 rings (SSSR count). The highest BCUT2D eigenvalue weighted by atomic mass is 16.2. The Morgan fingerprint density at radius 1 is 0.963 bits per heavy atom. The van der Waals surface area contributed by atoms with Crippen LogP contribution in [0, 0.1) is 0 Å². The van der Waals surface area contributed by atoms with Crippen molar-refractivity contribution in [2.75, 3.05) is 44.2 Å². The second-order valence-corrected chi connectivity index (χ2v) is 7.87. The Morgan fingerprint density at radius 2 is 1.74 bits per heavy atom. The Hall–Kier alpha value is -2.50. The van der Waals surface area contributed by atoms with E-state index in [4.69, 9.17) is 0 Å². The molecule has 3 aliphatic rings. The molecule has 0 aromatic carbocycles. The van der Waals surface area contributed by atoms with Crippen LogP contribution in [0.2, 0.25) is 0 Å². The number of nitrogens with zero attached hydrogens (tertiary/aromatic N) is 4. The van der Waals surface area contributed by atoms with Crippen molar-refractivity contribution in [3.63, 3.8) is 0 Å². The minimum absolute atomic E-state index is 0.115. The van der Waals surface area contributed by atoms with Gasteiger partial charge in [0, 0.05) is 50.4 Å². The topological polar surface area (TPSA) is 55.5 Å². The fourth-order valence-corrected chi connectivity index (χ4v) is 4.56. The van der Waals surface area contributed by atoms with Crippen molar-refractivity contribution in [1.29, 1.82) is 0 Å². The molecule has 0 unspecified atom stereocenters. The van der Waals surface area contributed by atoms with Crippen LogP contribution < -0.4 is 4.90 Å². The lowest BCUT2D eigenvalue weighted by molar-refractivity contribution is 0.0788. The van der Waals surface area contributed by atoms with Crippen molar-refractivity contribution >= 4 is 22.6 Å². The number of piperazine rings is 1. The van der Waals surface area contributed by atoms with Crippen LogP contribution in [-0.2, 0) is 0 Å². The van der Waals surface area contributed by atoms with Crippen LogP contribution in [0.15, 0.2) is 30.1 Å². The maximum Gasteiger partial charge on any atom is 0.270 e. The van der Waals surface area contributed by atoms with Gasteiger partial charge in [-0.15, -0.1) is 0 Å². The predicted octanol–water partition coefficient (Wildman–Crippen LogP) is 2.99. The Balaban J connectivity index is 1.30. The van der Waals surface area contributed by atoms with Gasteiger partial charge in [-0.25, -0.2) is 4.98 Å². The number of hydrogen-bond donors (Lipinski definition) is 1. The van der Waals surface area contributed by atoms with Gasteiger partial charge in [-0.05, 0) is 44.2 Å². The summed E-state index contributed by atoms with van der Waals surface area (Å²) in [6.45, 7) is 5.88. The lowest BCUT2D eigenvalue weighted by Gasteiger charge is -2.37. The number of hydrogen-bond acceptors (Lipinski definition) is 4. The molecular formula is C21H27N5O. The average Bonchev–Trinajstić information content (AvgIpc) is 3.48. The van der Waals surface area contributed by atoms with E-state index in [0.29, 0.717) is 5.69 Å². The number of anilines is 1. The summed E-state index contributed by atoms with van der Waals surface area (Å²) in [5, 5.41) is 1.07. The van der Waals surface area contributed by atoms with Gasteiger partial charge in [0.2, 0.25) is 0 Å². The van der Waals surface area contributed by atoms with Crippen molar-refractivity contribution in [3.8, 4) is 0 Å². The number of rotatable bonds is 3. The molecule has 2 aromatic heterocycles. The third-order valence-corrected chi connectivity index (χ3v) is 6.14. The summed E-state index contributed by atoms with van der Waals surface area (Å²) in [6, 6.07) is 4.11. The lowest BCUT2D eigenvalue weighted by atomic mass is 10.2. The third kappa shape index (κ3) is 3.17. The number of H-pyrrole nitrogens is 1.